The Morgan fingerprint density at radius 2 is 2.04 bits per heavy atom. The molecule has 0 radical (unpaired) electrons. The summed E-state index contributed by atoms with van der Waals surface area (Å²) in [6.07, 6.45) is 0.579. The van der Waals surface area contributed by atoms with Gasteiger partial charge in [0.1, 0.15) is 16.3 Å². The number of aromatic nitrogens is 1. The normalized spacial score (nSPS) is 16.5. The third kappa shape index (κ3) is 2.68. The minimum atomic E-state index is -0.382. The van der Waals surface area contributed by atoms with E-state index in [1.54, 1.807) is 11.3 Å². The van der Waals surface area contributed by atoms with Gasteiger partial charge in [0.05, 0.1) is 11.1 Å². The van der Waals surface area contributed by atoms with E-state index < -0.39 is 0 Å². The molecule has 0 aliphatic carbocycles. The minimum Gasteiger partial charge on any atom is -0.353 e. The van der Waals surface area contributed by atoms with Gasteiger partial charge in [-0.05, 0) is 49.6 Å². The molecule has 25 heavy (non-hydrogen) atoms. The number of carbonyl (C=O) groups is 1. The number of carbonyl (C=O) groups excluding carboxylic acids is 1. The number of hydrogen-bond donors (Lipinski definition) is 2. The standard InChI is InChI=1S/C19H18ClN3OS/c1-4-11-5-6-14-12(7-11)8-13(16(20)21-14)17-22-18(24)15-9(2)10(3)25-19(15)23-17/h5-8,17,23H,4H2,1-3H3,(H,22,24). The Morgan fingerprint density at radius 1 is 1.24 bits per heavy atom. The summed E-state index contributed by atoms with van der Waals surface area (Å²) in [5.74, 6) is -0.0703. The fourth-order valence-electron chi connectivity index (χ4n) is 3.17. The van der Waals surface area contributed by atoms with E-state index in [1.807, 2.05) is 26.0 Å². The molecule has 1 aliphatic rings. The molecule has 3 heterocycles. The number of nitrogens with one attached hydrogen (secondary N) is 2. The van der Waals surface area contributed by atoms with Gasteiger partial charge >= 0.3 is 0 Å². The zero-order valence-electron chi connectivity index (χ0n) is 14.2. The molecule has 0 bridgehead atoms. The van der Waals surface area contributed by atoms with Gasteiger partial charge in [0, 0.05) is 15.8 Å². The molecule has 0 saturated heterocycles. The van der Waals surface area contributed by atoms with Crippen LogP contribution in [0, 0.1) is 13.8 Å². The van der Waals surface area contributed by atoms with Crippen molar-refractivity contribution >= 4 is 44.7 Å². The van der Waals surface area contributed by atoms with Crippen molar-refractivity contribution < 1.29 is 4.79 Å². The quantitative estimate of drug-likeness (QED) is 0.624. The smallest absolute Gasteiger partial charge is 0.256 e. The van der Waals surface area contributed by atoms with Crippen LogP contribution in [0.5, 0.6) is 0 Å². The highest BCUT2D eigenvalue weighted by atomic mass is 35.5. The molecule has 128 valence electrons. The first-order valence-electron chi connectivity index (χ1n) is 8.24. The highest BCUT2D eigenvalue weighted by Crippen LogP contribution is 2.38. The molecule has 0 spiro atoms. The number of anilines is 1. The van der Waals surface area contributed by atoms with Crippen molar-refractivity contribution in [3.05, 3.63) is 56.5 Å². The number of thiophene rings is 1. The Hall–Kier alpha value is -2.11. The van der Waals surface area contributed by atoms with Gasteiger partial charge in [0.2, 0.25) is 0 Å². The molecular weight excluding hydrogens is 354 g/mol. The van der Waals surface area contributed by atoms with Crippen molar-refractivity contribution in [2.45, 2.75) is 33.4 Å². The topological polar surface area (TPSA) is 54.0 Å². The molecule has 6 heteroatoms. The third-order valence-corrected chi connectivity index (χ3v) is 6.18. The first-order valence-corrected chi connectivity index (χ1v) is 9.44. The van der Waals surface area contributed by atoms with Crippen molar-refractivity contribution in [2.75, 3.05) is 5.32 Å². The molecule has 1 aromatic carbocycles. The summed E-state index contributed by atoms with van der Waals surface area (Å²) >= 11 is 8.02. The largest absolute Gasteiger partial charge is 0.353 e. The summed E-state index contributed by atoms with van der Waals surface area (Å²) in [4.78, 5) is 18.2. The summed E-state index contributed by atoms with van der Waals surface area (Å²) in [6, 6.07) is 8.19. The van der Waals surface area contributed by atoms with Crippen LogP contribution in [0.3, 0.4) is 0 Å². The van der Waals surface area contributed by atoms with Crippen molar-refractivity contribution in [1.82, 2.24) is 10.3 Å². The fourth-order valence-corrected chi connectivity index (χ4v) is 4.51. The van der Waals surface area contributed by atoms with Crippen LogP contribution >= 0.6 is 22.9 Å². The molecule has 0 fully saturated rings. The second-order valence-electron chi connectivity index (χ2n) is 6.29. The van der Waals surface area contributed by atoms with Gasteiger partial charge in [-0.1, -0.05) is 24.6 Å². The maximum absolute atomic E-state index is 12.6. The number of pyridine rings is 1. The first-order chi connectivity index (χ1) is 12.0. The number of nitrogens with zero attached hydrogens (tertiary/aromatic N) is 1. The van der Waals surface area contributed by atoms with Crippen LogP contribution in [-0.4, -0.2) is 10.9 Å². The van der Waals surface area contributed by atoms with Crippen molar-refractivity contribution in [2.24, 2.45) is 0 Å². The van der Waals surface area contributed by atoms with E-state index in [0.29, 0.717) is 5.15 Å². The number of rotatable bonds is 2. The lowest BCUT2D eigenvalue weighted by molar-refractivity contribution is 0.0936. The van der Waals surface area contributed by atoms with E-state index in [4.69, 9.17) is 11.6 Å². The molecule has 4 rings (SSSR count). The summed E-state index contributed by atoms with van der Waals surface area (Å²) in [7, 11) is 0. The summed E-state index contributed by atoms with van der Waals surface area (Å²) < 4.78 is 0. The molecule has 1 unspecified atom stereocenters. The monoisotopic (exact) mass is 371 g/mol. The number of fused-ring (bicyclic) bond motifs is 2. The Labute approximate surface area is 155 Å². The SMILES string of the molecule is CCc1ccc2nc(Cl)c(C3NC(=O)c4c(sc(C)c4C)N3)cc2c1. The Balaban J connectivity index is 1.79. The highest BCUT2D eigenvalue weighted by Gasteiger charge is 2.30. The summed E-state index contributed by atoms with van der Waals surface area (Å²) in [5.41, 5.74) is 4.65. The van der Waals surface area contributed by atoms with E-state index in [1.165, 1.54) is 5.56 Å². The Morgan fingerprint density at radius 3 is 2.80 bits per heavy atom. The lowest BCUT2D eigenvalue weighted by atomic mass is 10.0. The summed E-state index contributed by atoms with van der Waals surface area (Å²) in [6.45, 7) is 6.12. The van der Waals surface area contributed by atoms with Crippen molar-refractivity contribution in [3.63, 3.8) is 0 Å². The number of amides is 1. The highest BCUT2D eigenvalue weighted by molar-refractivity contribution is 7.16. The average molecular weight is 372 g/mol. The van der Waals surface area contributed by atoms with Gasteiger partial charge in [0.25, 0.3) is 5.91 Å². The van der Waals surface area contributed by atoms with Gasteiger partial charge in [-0.2, -0.15) is 0 Å². The zero-order chi connectivity index (χ0) is 17.7. The molecule has 1 aliphatic heterocycles. The molecule has 2 aromatic heterocycles. The average Bonchev–Trinajstić information content (AvgIpc) is 2.88. The van der Waals surface area contributed by atoms with E-state index >= 15 is 0 Å². The van der Waals surface area contributed by atoms with Gasteiger partial charge in [0.15, 0.2) is 0 Å². The lowest BCUT2D eigenvalue weighted by Crippen LogP contribution is -2.38. The van der Waals surface area contributed by atoms with Crippen LogP contribution in [0.25, 0.3) is 10.9 Å². The van der Waals surface area contributed by atoms with Crippen LogP contribution in [0.2, 0.25) is 5.15 Å². The number of halogens is 1. The zero-order valence-corrected chi connectivity index (χ0v) is 15.8. The maximum Gasteiger partial charge on any atom is 0.256 e. The molecular formula is C19H18ClN3OS. The van der Waals surface area contributed by atoms with Crippen LogP contribution in [-0.2, 0) is 6.42 Å². The predicted molar refractivity (Wildman–Crippen MR) is 104 cm³/mol. The van der Waals surface area contributed by atoms with Gasteiger partial charge < -0.3 is 10.6 Å². The number of benzene rings is 1. The van der Waals surface area contributed by atoms with Crippen LogP contribution in [0.4, 0.5) is 5.00 Å². The molecule has 1 amide bonds. The minimum absolute atomic E-state index is 0.0703. The van der Waals surface area contributed by atoms with Crippen molar-refractivity contribution in [1.29, 1.82) is 0 Å². The number of hydrogen-bond acceptors (Lipinski definition) is 4. The van der Waals surface area contributed by atoms with Crippen LogP contribution in [0.1, 0.15) is 45.0 Å². The van der Waals surface area contributed by atoms with Crippen molar-refractivity contribution in [3.8, 4) is 0 Å². The Kier molecular flexibility index (Phi) is 3.93. The van der Waals surface area contributed by atoms with E-state index in [0.717, 1.165) is 43.9 Å². The number of aryl methyl sites for hydroxylation is 2. The predicted octanol–water partition coefficient (Wildman–Crippen LogP) is 4.98. The Bertz CT molecular complexity index is 1010. The van der Waals surface area contributed by atoms with Gasteiger partial charge in [-0.3, -0.25) is 4.79 Å². The summed E-state index contributed by atoms with van der Waals surface area (Å²) in [5, 5.41) is 8.73. The fraction of sp³-hybridized carbons (Fsp3) is 0.263. The van der Waals surface area contributed by atoms with E-state index in [2.05, 4.69) is 34.7 Å². The van der Waals surface area contributed by atoms with E-state index in [9.17, 15) is 4.79 Å². The molecule has 0 saturated carbocycles. The first kappa shape index (κ1) is 16.4. The van der Waals surface area contributed by atoms with Crippen LogP contribution in [0.15, 0.2) is 24.3 Å². The second kappa shape index (κ2) is 6.00. The third-order valence-electron chi connectivity index (χ3n) is 4.74. The van der Waals surface area contributed by atoms with Crippen LogP contribution < -0.4 is 10.6 Å². The lowest BCUT2D eigenvalue weighted by Gasteiger charge is -2.27. The van der Waals surface area contributed by atoms with Gasteiger partial charge in [-0.25, -0.2) is 4.98 Å². The molecule has 2 N–H and O–H groups in total. The molecule has 1 atom stereocenters. The van der Waals surface area contributed by atoms with Gasteiger partial charge in [-0.15, -0.1) is 11.3 Å². The second-order valence-corrected chi connectivity index (χ2v) is 7.87. The maximum atomic E-state index is 12.6. The molecule has 3 aromatic rings. The van der Waals surface area contributed by atoms with E-state index in [-0.39, 0.29) is 12.1 Å². The molecule has 4 nitrogen and oxygen atoms in total.